The Labute approximate surface area is 109 Å². The van der Waals surface area contributed by atoms with Crippen LogP contribution in [0, 0.1) is 0 Å². The molecule has 0 aliphatic heterocycles. The molecule has 0 aliphatic carbocycles. The van der Waals surface area contributed by atoms with E-state index in [2.05, 4.69) is 37.3 Å². The molecule has 3 heterocycles. The molecule has 0 fully saturated rings. The van der Waals surface area contributed by atoms with Gasteiger partial charge in [0.05, 0.1) is 11.9 Å². The first-order valence-corrected chi connectivity index (χ1v) is 6.56. The number of aromatic nitrogens is 3. The van der Waals surface area contributed by atoms with Crippen LogP contribution in [-0.4, -0.2) is 15.2 Å². The van der Waals surface area contributed by atoms with Crippen LogP contribution >= 0.6 is 11.3 Å². The lowest BCUT2D eigenvalue weighted by Gasteiger charge is -2.04. The Kier molecular flexibility index (Phi) is 3.06. The van der Waals surface area contributed by atoms with E-state index in [9.17, 15) is 0 Å². The van der Waals surface area contributed by atoms with Gasteiger partial charge >= 0.3 is 0 Å². The number of rotatable bonds is 4. The van der Waals surface area contributed by atoms with E-state index in [0.717, 1.165) is 29.1 Å². The van der Waals surface area contributed by atoms with Crippen molar-refractivity contribution in [3.8, 4) is 11.3 Å². The van der Waals surface area contributed by atoms with Crippen molar-refractivity contribution in [1.82, 2.24) is 15.2 Å². The minimum absolute atomic E-state index is 0.747. The molecule has 0 spiro atoms. The average Bonchev–Trinajstić information content (AvgIpc) is 3.09. The third-order valence-corrected chi connectivity index (χ3v) is 3.36. The quantitative estimate of drug-likeness (QED) is 0.754. The molecular weight excluding hydrogens is 244 g/mol. The Morgan fingerprint density at radius 1 is 1.28 bits per heavy atom. The van der Waals surface area contributed by atoms with Crippen molar-refractivity contribution in [2.75, 3.05) is 5.32 Å². The highest BCUT2D eigenvalue weighted by atomic mass is 32.1. The zero-order valence-corrected chi connectivity index (χ0v) is 10.4. The Balaban J connectivity index is 1.80. The van der Waals surface area contributed by atoms with E-state index in [-0.39, 0.29) is 0 Å². The molecule has 3 aromatic heterocycles. The normalized spacial score (nSPS) is 10.4. The zero-order valence-electron chi connectivity index (χ0n) is 9.63. The third kappa shape index (κ3) is 2.26. The zero-order chi connectivity index (χ0) is 12.2. The number of hydrogen-bond donors (Lipinski definition) is 2. The van der Waals surface area contributed by atoms with Crippen LogP contribution in [0.2, 0.25) is 0 Å². The van der Waals surface area contributed by atoms with Gasteiger partial charge in [0.1, 0.15) is 0 Å². The van der Waals surface area contributed by atoms with Gasteiger partial charge in [-0.05, 0) is 23.6 Å². The second-order valence-electron chi connectivity index (χ2n) is 3.88. The van der Waals surface area contributed by atoms with Gasteiger partial charge in [0.15, 0.2) is 0 Å². The van der Waals surface area contributed by atoms with Gasteiger partial charge in [0.2, 0.25) is 0 Å². The Morgan fingerprint density at radius 3 is 3.06 bits per heavy atom. The average molecular weight is 256 g/mol. The van der Waals surface area contributed by atoms with Crippen molar-refractivity contribution >= 4 is 17.0 Å². The van der Waals surface area contributed by atoms with E-state index < -0.39 is 0 Å². The predicted octanol–water partition coefficient (Wildman–Crippen LogP) is 3.15. The number of nitrogens with one attached hydrogen (secondary N) is 2. The molecule has 0 unspecified atom stereocenters. The summed E-state index contributed by atoms with van der Waals surface area (Å²) in [5, 5.41) is 14.6. The van der Waals surface area contributed by atoms with Crippen molar-refractivity contribution in [2.24, 2.45) is 0 Å². The molecule has 5 heteroatoms. The van der Waals surface area contributed by atoms with Crippen LogP contribution in [-0.2, 0) is 6.54 Å². The topological polar surface area (TPSA) is 53.6 Å². The van der Waals surface area contributed by atoms with Crippen LogP contribution in [0.25, 0.3) is 11.3 Å². The van der Waals surface area contributed by atoms with E-state index in [4.69, 9.17) is 0 Å². The number of nitrogens with zero attached hydrogens (tertiary/aromatic N) is 2. The Bertz CT molecular complexity index is 601. The van der Waals surface area contributed by atoms with E-state index in [1.54, 1.807) is 17.5 Å². The second kappa shape index (κ2) is 5.01. The number of aromatic amines is 1. The Hall–Kier alpha value is -2.14. The Morgan fingerprint density at radius 2 is 2.28 bits per heavy atom. The predicted molar refractivity (Wildman–Crippen MR) is 73.5 cm³/mol. The summed E-state index contributed by atoms with van der Waals surface area (Å²) in [6.45, 7) is 0.747. The van der Waals surface area contributed by atoms with Crippen molar-refractivity contribution in [2.45, 2.75) is 6.54 Å². The van der Waals surface area contributed by atoms with Gasteiger partial charge < -0.3 is 5.32 Å². The molecule has 0 atom stereocenters. The van der Waals surface area contributed by atoms with Crippen molar-refractivity contribution in [3.05, 3.63) is 53.1 Å². The van der Waals surface area contributed by atoms with Crippen LogP contribution in [0.15, 0.2) is 47.5 Å². The van der Waals surface area contributed by atoms with E-state index in [1.807, 2.05) is 24.5 Å². The molecular formula is C13H12N4S. The van der Waals surface area contributed by atoms with Gasteiger partial charge in [0, 0.05) is 41.1 Å². The summed E-state index contributed by atoms with van der Waals surface area (Å²) < 4.78 is 0. The first-order valence-electron chi connectivity index (χ1n) is 5.62. The summed E-state index contributed by atoms with van der Waals surface area (Å²) in [5.41, 5.74) is 4.34. The molecule has 3 aromatic rings. The number of pyridine rings is 1. The smallest absolute Gasteiger partial charge is 0.0715 e. The lowest BCUT2D eigenvalue weighted by atomic mass is 10.1. The summed E-state index contributed by atoms with van der Waals surface area (Å²) >= 11 is 1.68. The van der Waals surface area contributed by atoms with Crippen molar-refractivity contribution in [3.63, 3.8) is 0 Å². The maximum Gasteiger partial charge on any atom is 0.0715 e. The summed E-state index contributed by atoms with van der Waals surface area (Å²) in [6, 6.07) is 6.01. The van der Waals surface area contributed by atoms with E-state index in [0.29, 0.717) is 0 Å². The number of thiophene rings is 1. The summed E-state index contributed by atoms with van der Waals surface area (Å²) in [6.07, 6.45) is 5.45. The summed E-state index contributed by atoms with van der Waals surface area (Å²) in [5.74, 6) is 0. The molecule has 3 rings (SSSR count). The second-order valence-corrected chi connectivity index (χ2v) is 4.66. The highest BCUT2D eigenvalue weighted by Gasteiger charge is 2.07. The highest BCUT2D eigenvalue weighted by Crippen LogP contribution is 2.21. The molecule has 0 aromatic carbocycles. The van der Waals surface area contributed by atoms with Crippen LogP contribution in [0.3, 0.4) is 0 Å². The largest absolute Gasteiger partial charge is 0.380 e. The molecule has 2 N–H and O–H groups in total. The molecule has 90 valence electrons. The fourth-order valence-corrected chi connectivity index (χ4v) is 2.38. The summed E-state index contributed by atoms with van der Waals surface area (Å²) in [7, 11) is 0. The lowest BCUT2D eigenvalue weighted by Crippen LogP contribution is -1.98. The first kappa shape index (κ1) is 11.0. The van der Waals surface area contributed by atoms with Crippen LogP contribution < -0.4 is 5.32 Å². The monoisotopic (exact) mass is 256 g/mol. The molecule has 0 amide bonds. The summed E-state index contributed by atoms with van der Waals surface area (Å²) in [4.78, 5) is 4.13. The highest BCUT2D eigenvalue weighted by molar-refractivity contribution is 7.08. The van der Waals surface area contributed by atoms with Gasteiger partial charge in [-0.2, -0.15) is 16.4 Å². The number of H-pyrrole nitrogens is 1. The van der Waals surface area contributed by atoms with Crippen molar-refractivity contribution in [1.29, 1.82) is 0 Å². The van der Waals surface area contributed by atoms with E-state index in [1.165, 1.54) is 0 Å². The molecule has 0 bridgehead atoms. The van der Waals surface area contributed by atoms with Gasteiger partial charge in [-0.1, -0.05) is 0 Å². The maximum absolute atomic E-state index is 4.13. The minimum Gasteiger partial charge on any atom is -0.380 e. The van der Waals surface area contributed by atoms with Gasteiger partial charge in [-0.3, -0.25) is 10.1 Å². The molecule has 0 saturated carbocycles. The minimum atomic E-state index is 0.747. The van der Waals surface area contributed by atoms with Crippen LogP contribution in [0.5, 0.6) is 0 Å². The maximum atomic E-state index is 4.13. The van der Waals surface area contributed by atoms with Crippen LogP contribution in [0.4, 0.5) is 5.69 Å². The molecule has 4 nitrogen and oxygen atoms in total. The van der Waals surface area contributed by atoms with Crippen molar-refractivity contribution < 1.29 is 0 Å². The molecule has 18 heavy (non-hydrogen) atoms. The SMILES string of the molecule is c1cncc(-c2[nH]ncc2CNc2ccsc2)c1. The number of anilines is 1. The first-order chi connectivity index (χ1) is 8.93. The fraction of sp³-hybridized carbons (Fsp3) is 0.0769. The van der Waals surface area contributed by atoms with Gasteiger partial charge in [-0.15, -0.1) is 0 Å². The number of hydrogen-bond acceptors (Lipinski definition) is 4. The lowest BCUT2D eigenvalue weighted by molar-refractivity contribution is 1.09. The molecule has 0 aliphatic rings. The molecule has 0 radical (unpaired) electrons. The molecule has 0 saturated heterocycles. The third-order valence-electron chi connectivity index (χ3n) is 2.67. The van der Waals surface area contributed by atoms with Crippen LogP contribution in [0.1, 0.15) is 5.56 Å². The fourth-order valence-electron chi connectivity index (χ4n) is 1.77. The standard InChI is InChI=1S/C13H12N4S/c1-2-10(6-14-4-1)13-11(8-16-17-13)7-15-12-3-5-18-9-12/h1-6,8-9,15H,7H2,(H,16,17). The van der Waals surface area contributed by atoms with Gasteiger partial charge in [-0.25, -0.2) is 0 Å². The van der Waals surface area contributed by atoms with E-state index >= 15 is 0 Å². The van der Waals surface area contributed by atoms with Gasteiger partial charge in [0.25, 0.3) is 0 Å².